The number of halogens is 5. The molecule has 3 aromatic rings. The molecule has 3 aromatic carbocycles. The second kappa shape index (κ2) is 8.29. The third-order valence-corrected chi connectivity index (χ3v) is 5.99. The Morgan fingerprint density at radius 3 is 2.20 bits per heavy atom. The Morgan fingerprint density at radius 1 is 0.900 bits per heavy atom. The molecule has 156 valence electrons. The molecular formula is C20H12Cl2F3NO3S. The van der Waals surface area contributed by atoms with E-state index in [0.717, 1.165) is 12.1 Å². The number of ketones is 1. The number of rotatable bonds is 5. The van der Waals surface area contributed by atoms with E-state index in [1.807, 2.05) is 0 Å². The van der Waals surface area contributed by atoms with Gasteiger partial charge in [-0.15, -0.1) is 0 Å². The summed E-state index contributed by atoms with van der Waals surface area (Å²) in [5.74, 6) is -0.511. The fraction of sp³-hybridized carbons (Fsp3) is 0.0500. The summed E-state index contributed by atoms with van der Waals surface area (Å²) in [5, 5.41) is -0.448. The predicted octanol–water partition coefficient (Wildman–Crippen LogP) is 6.04. The van der Waals surface area contributed by atoms with Gasteiger partial charge < -0.3 is 0 Å². The molecule has 0 aliphatic heterocycles. The van der Waals surface area contributed by atoms with Crippen LogP contribution in [0.15, 0.2) is 71.6 Å². The van der Waals surface area contributed by atoms with E-state index in [1.54, 1.807) is 18.2 Å². The van der Waals surface area contributed by atoms with E-state index in [1.165, 1.54) is 30.3 Å². The minimum atomic E-state index is -4.84. The van der Waals surface area contributed by atoms with Crippen molar-refractivity contribution in [3.05, 3.63) is 93.5 Å². The zero-order valence-electron chi connectivity index (χ0n) is 14.9. The van der Waals surface area contributed by atoms with E-state index in [0.29, 0.717) is 6.07 Å². The molecule has 1 N–H and O–H groups in total. The van der Waals surface area contributed by atoms with Crippen molar-refractivity contribution in [3.63, 3.8) is 0 Å². The molecule has 0 saturated heterocycles. The topological polar surface area (TPSA) is 63.2 Å². The third kappa shape index (κ3) is 4.77. The first-order valence-corrected chi connectivity index (χ1v) is 10.5. The number of hydrogen-bond acceptors (Lipinski definition) is 3. The van der Waals surface area contributed by atoms with Crippen molar-refractivity contribution in [1.29, 1.82) is 0 Å². The van der Waals surface area contributed by atoms with Crippen molar-refractivity contribution >= 4 is 44.7 Å². The van der Waals surface area contributed by atoms with Crippen LogP contribution < -0.4 is 4.72 Å². The fourth-order valence-electron chi connectivity index (χ4n) is 2.63. The molecule has 0 aromatic heterocycles. The van der Waals surface area contributed by atoms with Gasteiger partial charge in [0.1, 0.15) is 0 Å². The van der Waals surface area contributed by atoms with E-state index >= 15 is 0 Å². The van der Waals surface area contributed by atoms with E-state index in [2.05, 4.69) is 4.72 Å². The van der Waals surface area contributed by atoms with Crippen LogP contribution in [0.4, 0.5) is 18.9 Å². The average molecular weight is 474 g/mol. The molecular weight excluding hydrogens is 462 g/mol. The lowest BCUT2D eigenvalue weighted by Gasteiger charge is -2.15. The number of alkyl halides is 3. The number of anilines is 1. The molecule has 30 heavy (non-hydrogen) atoms. The van der Waals surface area contributed by atoms with Gasteiger partial charge in [0.05, 0.1) is 21.2 Å². The van der Waals surface area contributed by atoms with Gasteiger partial charge in [-0.1, -0.05) is 53.5 Å². The monoisotopic (exact) mass is 473 g/mol. The van der Waals surface area contributed by atoms with Gasteiger partial charge in [0.2, 0.25) is 0 Å². The summed E-state index contributed by atoms with van der Waals surface area (Å²) in [6.45, 7) is 0. The van der Waals surface area contributed by atoms with Gasteiger partial charge in [-0.3, -0.25) is 9.52 Å². The first-order valence-electron chi connectivity index (χ1n) is 8.28. The molecule has 0 fully saturated rings. The Hall–Kier alpha value is -2.55. The van der Waals surface area contributed by atoms with Crippen LogP contribution in [-0.2, 0) is 16.2 Å². The van der Waals surface area contributed by atoms with E-state index in [-0.39, 0.29) is 21.8 Å². The molecule has 0 aliphatic carbocycles. The van der Waals surface area contributed by atoms with Crippen LogP contribution >= 0.6 is 23.2 Å². The maximum absolute atomic E-state index is 13.1. The van der Waals surface area contributed by atoms with Crippen LogP contribution in [0, 0.1) is 0 Å². The molecule has 10 heteroatoms. The summed E-state index contributed by atoms with van der Waals surface area (Å²) in [6, 6.07) is 14.1. The maximum atomic E-state index is 13.1. The normalized spacial score (nSPS) is 11.9. The predicted molar refractivity (Wildman–Crippen MR) is 109 cm³/mol. The van der Waals surface area contributed by atoms with Crippen molar-refractivity contribution < 1.29 is 26.4 Å². The molecule has 3 rings (SSSR count). The van der Waals surface area contributed by atoms with Gasteiger partial charge in [-0.2, -0.15) is 13.2 Å². The van der Waals surface area contributed by atoms with Gasteiger partial charge in [-0.25, -0.2) is 8.42 Å². The van der Waals surface area contributed by atoms with Crippen molar-refractivity contribution in [2.45, 2.75) is 11.1 Å². The Morgan fingerprint density at radius 2 is 1.57 bits per heavy atom. The summed E-state index contributed by atoms with van der Waals surface area (Å²) < 4.78 is 66.9. The Bertz CT molecular complexity index is 1210. The zero-order chi connectivity index (χ0) is 22.1. The lowest BCUT2D eigenvalue weighted by molar-refractivity contribution is -0.137. The van der Waals surface area contributed by atoms with E-state index in [9.17, 15) is 26.4 Å². The van der Waals surface area contributed by atoms with Crippen LogP contribution in [0.25, 0.3) is 0 Å². The molecule has 0 atom stereocenters. The van der Waals surface area contributed by atoms with Gasteiger partial charge >= 0.3 is 6.18 Å². The number of carbonyl (C=O) groups is 1. The standard InChI is InChI=1S/C20H12Cl2F3NO3S/c21-13-6-9-18(15(10-13)19(27)12-4-2-1-3-5-12)26-30(28,29)14-7-8-17(22)16(11-14)20(23,24)25/h1-11,26H. The lowest BCUT2D eigenvalue weighted by atomic mass is 10.0. The molecule has 0 radical (unpaired) electrons. The number of carbonyl (C=O) groups excluding carboxylic acids is 1. The molecule has 0 bridgehead atoms. The molecule has 0 amide bonds. The third-order valence-electron chi connectivity index (χ3n) is 4.06. The van der Waals surface area contributed by atoms with Gasteiger partial charge in [0.25, 0.3) is 10.0 Å². The van der Waals surface area contributed by atoms with Gasteiger partial charge in [0, 0.05) is 16.1 Å². The zero-order valence-corrected chi connectivity index (χ0v) is 17.2. The first kappa shape index (κ1) is 22.1. The highest BCUT2D eigenvalue weighted by atomic mass is 35.5. The molecule has 0 saturated carbocycles. The Balaban J connectivity index is 2.04. The lowest BCUT2D eigenvalue weighted by Crippen LogP contribution is -2.17. The highest BCUT2D eigenvalue weighted by molar-refractivity contribution is 7.92. The Labute approximate surface area is 180 Å². The van der Waals surface area contributed by atoms with Crippen molar-refractivity contribution in [3.8, 4) is 0 Å². The van der Waals surface area contributed by atoms with Crippen LogP contribution in [0.1, 0.15) is 21.5 Å². The van der Waals surface area contributed by atoms with E-state index in [4.69, 9.17) is 23.2 Å². The number of hydrogen-bond donors (Lipinski definition) is 1. The van der Waals surface area contributed by atoms with Crippen molar-refractivity contribution in [1.82, 2.24) is 0 Å². The number of sulfonamides is 1. The summed E-state index contributed by atoms with van der Waals surface area (Å²) in [7, 11) is -4.47. The summed E-state index contributed by atoms with van der Waals surface area (Å²) in [6.07, 6.45) is -4.84. The first-order chi connectivity index (χ1) is 14.0. The SMILES string of the molecule is O=C(c1ccccc1)c1cc(Cl)ccc1NS(=O)(=O)c1ccc(Cl)c(C(F)(F)F)c1. The van der Waals surface area contributed by atoms with Crippen LogP contribution in [-0.4, -0.2) is 14.2 Å². The minimum absolute atomic E-state index is 0.0534. The smallest absolute Gasteiger partial charge is 0.289 e. The Kier molecular flexibility index (Phi) is 6.12. The van der Waals surface area contributed by atoms with Gasteiger partial charge in [0.15, 0.2) is 5.78 Å². The molecule has 4 nitrogen and oxygen atoms in total. The average Bonchev–Trinajstić information content (AvgIpc) is 2.68. The van der Waals surface area contributed by atoms with Crippen LogP contribution in [0.2, 0.25) is 10.0 Å². The summed E-state index contributed by atoms with van der Waals surface area (Å²) in [4.78, 5) is 12.2. The molecule has 0 heterocycles. The highest BCUT2D eigenvalue weighted by Gasteiger charge is 2.34. The second-order valence-corrected chi connectivity index (χ2v) is 8.66. The number of nitrogens with one attached hydrogen (secondary N) is 1. The van der Waals surface area contributed by atoms with Crippen molar-refractivity contribution in [2.24, 2.45) is 0 Å². The fourth-order valence-corrected chi connectivity index (χ4v) is 4.13. The molecule has 0 unspecified atom stereocenters. The van der Waals surface area contributed by atoms with E-state index < -0.39 is 37.5 Å². The van der Waals surface area contributed by atoms with Crippen LogP contribution in [0.5, 0.6) is 0 Å². The number of benzene rings is 3. The minimum Gasteiger partial charge on any atom is -0.289 e. The highest BCUT2D eigenvalue weighted by Crippen LogP contribution is 2.36. The largest absolute Gasteiger partial charge is 0.417 e. The van der Waals surface area contributed by atoms with Crippen LogP contribution in [0.3, 0.4) is 0 Å². The summed E-state index contributed by atoms with van der Waals surface area (Å²) >= 11 is 11.5. The molecule has 0 aliphatic rings. The summed E-state index contributed by atoms with van der Waals surface area (Å²) in [5.41, 5.74) is -1.19. The van der Waals surface area contributed by atoms with Gasteiger partial charge in [-0.05, 0) is 36.4 Å². The second-order valence-electron chi connectivity index (χ2n) is 6.13. The quantitative estimate of drug-likeness (QED) is 0.459. The van der Waals surface area contributed by atoms with Crippen molar-refractivity contribution in [2.75, 3.05) is 4.72 Å². The molecule has 0 spiro atoms. The maximum Gasteiger partial charge on any atom is 0.417 e.